The highest BCUT2D eigenvalue weighted by atomic mass is 16.1. The predicted molar refractivity (Wildman–Crippen MR) is 69.3 cm³/mol. The summed E-state index contributed by atoms with van der Waals surface area (Å²) < 4.78 is 1.79. The van der Waals surface area contributed by atoms with Gasteiger partial charge in [0, 0.05) is 29.9 Å². The highest BCUT2D eigenvalue weighted by Gasteiger charge is 2.09. The Morgan fingerprint density at radius 2 is 2.11 bits per heavy atom. The number of rotatable bonds is 1. The standard InChI is InChI=1S/C13H12N4O/c1-8-10(7-15-17(8)2)11-4-3-9-5-6-14-13(18)12(9)16-11/h3-7H,1-2H3,(H,14,18). The van der Waals surface area contributed by atoms with Crippen LogP contribution in [0.3, 0.4) is 0 Å². The van der Waals surface area contributed by atoms with Crippen LogP contribution in [-0.4, -0.2) is 19.7 Å². The van der Waals surface area contributed by atoms with E-state index in [0.717, 1.165) is 22.3 Å². The van der Waals surface area contributed by atoms with Gasteiger partial charge in [-0.15, -0.1) is 0 Å². The number of H-pyrrole nitrogens is 1. The van der Waals surface area contributed by atoms with E-state index in [2.05, 4.69) is 15.1 Å². The van der Waals surface area contributed by atoms with Crippen LogP contribution in [0.25, 0.3) is 22.2 Å². The first kappa shape index (κ1) is 10.7. The van der Waals surface area contributed by atoms with E-state index in [-0.39, 0.29) is 5.56 Å². The number of aromatic nitrogens is 4. The lowest BCUT2D eigenvalue weighted by atomic mass is 10.1. The molecule has 0 unspecified atom stereocenters. The van der Waals surface area contributed by atoms with Crippen molar-refractivity contribution in [1.29, 1.82) is 0 Å². The first-order valence-electron chi connectivity index (χ1n) is 5.64. The summed E-state index contributed by atoms with van der Waals surface area (Å²) in [5.74, 6) is 0. The van der Waals surface area contributed by atoms with Crippen molar-refractivity contribution < 1.29 is 0 Å². The normalized spacial score (nSPS) is 11.0. The molecule has 0 atom stereocenters. The number of hydrogen-bond donors (Lipinski definition) is 1. The van der Waals surface area contributed by atoms with E-state index in [4.69, 9.17) is 0 Å². The van der Waals surface area contributed by atoms with Gasteiger partial charge < -0.3 is 4.98 Å². The number of pyridine rings is 2. The maximum absolute atomic E-state index is 11.7. The molecule has 0 aliphatic rings. The van der Waals surface area contributed by atoms with E-state index >= 15 is 0 Å². The van der Waals surface area contributed by atoms with Gasteiger partial charge in [0.1, 0.15) is 5.52 Å². The van der Waals surface area contributed by atoms with Crippen molar-refractivity contribution in [2.24, 2.45) is 7.05 Å². The molecule has 0 bridgehead atoms. The van der Waals surface area contributed by atoms with E-state index in [1.165, 1.54) is 0 Å². The third-order valence-electron chi connectivity index (χ3n) is 3.13. The van der Waals surface area contributed by atoms with Gasteiger partial charge in [-0.25, -0.2) is 4.98 Å². The number of aryl methyl sites for hydroxylation is 1. The van der Waals surface area contributed by atoms with Crippen LogP contribution in [0, 0.1) is 6.92 Å². The Morgan fingerprint density at radius 3 is 2.83 bits per heavy atom. The SMILES string of the molecule is Cc1c(-c2ccc3cc[nH]c(=O)c3n2)cnn1C. The van der Waals surface area contributed by atoms with Crippen molar-refractivity contribution in [2.45, 2.75) is 6.92 Å². The van der Waals surface area contributed by atoms with E-state index in [1.54, 1.807) is 17.1 Å². The van der Waals surface area contributed by atoms with Gasteiger partial charge in [0.15, 0.2) is 0 Å². The summed E-state index contributed by atoms with van der Waals surface area (Å²) in [5, 5.41) is 5.02. The van der Waals surface area contributed by atoms with Crippen LogP contribution in [0.1, 0.15) is 5.69 Å². The first-order valence-corrected chi connectivity index (χ1v) is 5.64. The Kier molecular flexibility index (Phi) is 2.26. The van der Waals surface area contributed by atoms with Gasteiger partial charge >= 0.3 is 0 Å². The second kappa shape index (κ2) is 3.80. The second-order valence-electron chi connectivity index (χ2n) is 4.21. The summed E-state index contributed by atoms with van der Waals surface area (Å²) in [7, 11) is 1.88. The molecule has 5 heteroatoms. The number of hydrogen-bond acceptors (Lipinski definition) is 3. The zero-order valence-corrected chi connectivity index (χ0v) is 10.1. The molecule has 18 heavy (non-hydrogen) atoms. The van der Waals surface area contributed by atoms with Crippen molar-refractivity contribution >= 4 is 10.9 Å². The van der Waals surface area contributed by atoms with E-state index in [1.807, 2.05) is 32.2 Å². The fraction of sp³-hybridized carbons (Fsp3) is 0.154. The molecule has 90 valence electrons. The van der Waals surface area contributed by atoms with Gasteiger partial charge in [0.2, 0.25) is 0 Å². The van der Waals surface area contributed by atoms with Crippen LogP contribution in [-0.2, 0) is 7.05 Å². The average molecular weight is 240 g/mol. The molecule has 5 nitrogen and oxygen atoms in total. The van der Waals surface area contributed by atoms with Crippen molar-refractivity contribution in [3.05, 3.63) is 46.6 Å². The number of nitrogens with zero attached hydrogens (tertiary/aromatic N) is 3. The topological polar surface area (TPSA) is 63.6 Å². The molecule has 1 N–H and O–H groups in total. The van der Waals surface area contributed by atoms with Gasteiger partial charge in [-0.1, -0.05) is 6.07 Å². The highest BCUT2D eigenvalue weighted by Crippen LogP contribution is 2.21. The Bertz CT molecular complexity index is 785. The average Bonchev–Trinajstić information content (AvgIpc) is 2.70. The van der Waals surface area contributed by atoms with Crippen LogP contribution >= 0.6 is 0 Å². The fourth-order valence-electron chi connectivity index (χ4n) is 1.96. The fourth-order valence-corrected chi connectivity index (χ4v) is 1.96. The van der Waals surface area contributed by atoms with Crippen molar-refractivity contribution in [1.82, 2.24) is 19.7 Å². The minimum absolute atomic E-state index is 0.170. The summed E-state index contributed by atoms with van der Waals surface area (Å²) >= 11 is 0. The molecule has 3 aromatic rings. The van der Waals surface area contributed by atoms with Gasteiger partial charge in [-0.05, 0) is 19.1 Å². The van der Waals surface area contributed by atoms with E-state index < -0.39 is 0 Å². The third-order valence-corrected chi connectivity index (χ3v) is 3.13. The Hall–Kier alpha value is -2.43. The zero-order valence-electron chi connectivity index (χ0n) is 10.1. The summed E-state index contributed by atoms with van der Waals surface area (Å²) in [5.41, 5.74) is 3.02. The molecular weight excluding hydrogens is 228 g/mol. The molecule has 3 aromatic heterocycles. The van der Waals surface area contributed by atoms with Crippen molar-refractivity contribution in [3.63, 3.8) is 0 Å². The highest BCUT2D eigenvalue weighted by molar-refractivity contribution is 5.80. The molecule has 3 heterocycles. The van der Waals surface area contributed by atoms with Gasteiger partial charge in [-0.3, -0.25) is 9.48 Å². The molecule has 3 rings (SSSR count). The van der Waals surface area contributed by atoms with Crippen molar-refractivity contribution in [2.75, 3.05) is 0 Å². The number of fused-ring (bicyclic) bond motifs is 1. The molecule has 0 aliphatic carbocycles. The minimum Gasteiger partial charge on any atom is -0.327 e. The Balaban J connectivity index is 2.28. The molecule has 0 amide bonds. The molecule has 0 aliphatic heterocycles. The molecule has 0 spiro atoms. The molecule has 0 saturated heterocycles. The minimum atomic E-state index is -0.170. The molecular formula is C13H12N4O. The first-order chi connectivity index (χ1) is 8.66. The largest absolute Gasteiger partial charge is 0.327 e. The lowest BCUT2D eigenvalue weighted by molar-refractivity contribution is 0.740. The number of aromatic amines is 1. The lowest BCUT2D eigenvalue weighted by Crippen LogP contribution is -2.06. The van der Waals surface area contributed by atoms with Crippen LogP contribution in [0.4, 0.5) is 0 Å². The molecule has 0 saturated carbocycles. The molecule has 0 fully saturated rings. The van der Waals surface area contributed by atoms with Crippen LogP contribution in [0.5, 0.6) is 0 Å². The quantitative estimate of drug-likeness (QED) is 0.703. The van der Waals surface area contributed by atoms with E-state index in [9.17, 15) is 4.79 Å². The summed E-state index contributed by atoms with van der Waals surface area (Å²) in [6, 6.07) is 5.65. The van der Waals surface area contributed by atoms with Crippen LogP contribution < -0.4 is 5.56 Å². The second-order valence-corrected chi connectivity index (χ2v) is 4.21. The molecule has 0 radical (unpaired) electrons. The lowest BCUT2D eigenvalue weighted by Gasteiger charge is -2.02. The zero-order chi connectivity index (χ0) is 12.7. The van der Waals surface area contributed by atoms with E-state index in [0.29, 0.717) is 5.52 Å². The maximum atomic E-state index is 11.7. The van der Waals surface area contributed by atoms with Gasteiger partial charge in [-0.2, -0.15) is 5.10 Å². The monoisotopic (exact) mass is 240 g/mol. The van der Waals surface area contributed by atoms with Crippen LogP contribution in [0.15, 0.2) is 35.4 Å². The molecule has 0 aromatic carbocycles. The van der Waals surface area contributed by atoms with Gasteiger partial charge in [0.25, 0.3) is 5.56 Å². The summed E-state index contributed by atoms with van der Waals surface area (Å²) in [6.07, 6.45) is 3.39. The summed E-state index contributed by atoms with van der Waals surface area (Å²) in [4.78, 5) is 18.8. The Morgan fingerprint density at radius 1 is 1.28 bits per heavy atom. The summed E-state index contributed by atoms with van der Waals surface area (Å²) in [6.45, 7) is 1.98. The predicted octanol–water partition coefficient (Wildman–Crippen LogP) is 1.63. The maximum Gasteiger partial charge on any atom is 0.274 e. The smallest absolute Gasteiger partial charge is 0.274 e. The van der Waals surface area contributed by atoms with Gasteiger partial charge in [0.05, 0.1) is 11.9 Å². The number of nitrogens with one attached hydrogen (secondary N) is 1. The van der Waals surface area contributed by atoms with Crippen LogP contribution in [0.2, 0.25) is 0 Å². The Labute approximate surface area is 103 Å². The van der Waals surface area contributed by atoms with Crippen molar-refractivity contribution in [3.8, 4) is 11.3 Å². The third kappa shape index (κ3) is 1.52.